The second-order valence-electron chi connectivity index (χ2n) is 7.85. The Morgan fingerprint density at radius 2 is 1.74 bits per heavy atom. The van der Waals surface area contributed by atoms with E-state index in [1.54, 1.807) is 11.5 Å². The molecule has 7 heteroatoms. The van der Waals surface area contributed by atoms with Crippen LogP contribution in [0, 0.1) is 0 Å². The number of imidazole rings is 1. The van der Waals surface area contributed by atoms with Gasteiger partial charge in [0.05, 0.1) is 22.7 Å². The second-order valence-corrected chi connectivity index (χ2v) is 8.86. The van der Waals surface area contributed by atoms with E-state index in [0.717, 1.165) is 28.6 Å². The molecule has 0 saturated carbocycles. The highest BCUT2D eigenvalue weighted by atomic mass is 32.1. The average molecular weight is 485 g/mol. The molecule has 0 unspecified atom stereocenters. The predicted molar refractivity (Wildman–Crippen MR) is 140 cm³/mol. The first-order valence-electron chi connectivity index (χ1n) is 11.2. The maximum absolute atomic E-state index is 13.1. The quantitative estimate of drug-likeness (QED) is 0.225. The zero-order valence-electron chi connectivity index (χ0n) is 19.3. The van der Waals surface area contributed by atoms with Crippen LogP contribution in [0.25, 0.3) is 22.1 Å². The molecule has 0 N–H and O–H groups in total. The number of hydrogen-bond donors (Lipinski definition) is 0. The molecule has 2 heterocycles. The third kappa shape index (κ3) is 4.63. The van der Waals surface area contributed by atoms with Crippen molar-refractivity contribution in [2.75, 3.05) is 20.3 Å². The first-order valence-corrected chi connectivity index (χ1v) is 12.0. The van der Waals surface area contributed by atoms with Gasteiger partial charge in [-0.1, -0.05) is 53.8 Å². The van der Waals surface area contributed by atoms with Crippen LogP contribution in [0.15, 0.2) is 84.2 Å². The number of thiazole rings is 1. The molecule has 3 aromatic carbocycles. The van der Waals surface area contributed by atoms with Crippen LogP contribution in [0.4, 0.5) is 0 Å². The molecule has 176 valence electrons. The van der Waals surface area contributed by atoms with Crippen LogP contribution in [0.3, 0.4) is 0 Å². The zero-order valence-corrected chi connectivity index (χ0v) is 20.1. The van der Waals surface area contributed by atoms with Crippen LogP contribution < -0.4 is 24.3 Å². The molecule has 0 atom stereocenters. The predicted octanol–water partition coefficient (Wildman–Crippen LogP) is 4.65. The second kappa shape index (κ2) is 10.0. The van der Waals surface area contributed by atoms with Gasteiger partial charge in [0, 0.05) is 5.56 Å². The summed E-state index contributed by atoms with van der Waals surface area (Å²) in [6.07, 6.45) is 4.47. The molecule has 35 heavy (non-hydrogen) atoms. The minimum atomic E-state index is -0.0798. The molecule has 0 fully saturated rings. The van der Waals surface area contributed by atoms with Crippen LogP contribution in [-0.4, -0.2) is 29.7 Å². The maximum atomic E-state index is 13.1. The molecule has 0 bridgehead atoms. The lowest BCUT2D eigenvalue weighted by Gasteiger charge is -2.13. The van der Waals surface area contributed by atoms with Crippen LogP contribution in [0.5, 0.6) is 17.2 Å². The molecule has 0 aliphatic carbocycles. The Balaban J connectivity index is 1.32. The fourth-order valence-electron chi connectivity index (χ4n) is 3.91. The summed E-state index contributed by atoms with van der Waals surface area (Å²) in [7, 11) is 1.62. The van der Waals surface area contributed by atoms with E-state index in [-0.39, 0.29) is 5.56 Å². The van der Waals surface area contributed by atoms with E-state index in [0.29, 0.717) is 40.0 Å². The SMILES string of the molecule is C=CCc1ccc(OCCOc2ccccc2/C=c2\sc3nc4ccccc4n3c2=O)c(OC)c1. The number of nitrogens with zero attached hydrogens (tertiary/aromatic N) is 2. The van der Waals surface area contributed by atoms with Gasteiger partial charge in [0.15, 0.2) is 16.5 Å². The van der Waals surface area contributed by atoms with Crippen LogP contribution in [0.2, 0.25) is 0 Å². The van der Waals surface area contributed by atoms with Crippen LogP contribution in [0.1, 0.15) is 11.1 Å². The molecule has 0 radical (unpaired) electrons. The van der Waals surface area contributed by atoms with E-state index in [2.05, 4.69) is 11.6 Å². The lowest BCUT2D eigenvalue weighted by molar-refractivity contribution is 0.211. The van der Waals surface area contributed by atoms with Crippen molar-refractivity contribution in [1.82, 2.24) is 9.38 Å². The number of hydrogen-bond acceptors (Lipinski definition) is 6. The maximum Gasteiger partial charge on any atom is 0.274 e. The monoisotopic (exact) mass is 484 g/mol. The number of para-hydroxylation sites is 3. The summed E-state index contributed by atoms with van der Waals surface area (Å²) in [5.41, 5.74) is 3.49. The number of benzene rings is 3. The fourth-order valence-corrected chi connectivity index (χ4v) is 4.89. The normalized spacial score (nSPS) is 11.7. The first-order chi connectivity index (χ1) is 17.2. The number of aromatic nitrogens is 2. The molecule has 0 spiro atoms. The highest BCUT2D eigenvalue weighted by molar-refractivity contribution is 7.15. The van der Waals surface area contributed by atoms with E-state index < -0.39 is 0 Å². The highest BCUT2D eigenvalue weighted by Crippen LogP contribution is 2.28. The third-order valence-corrected chi connectivity index (χ3v) is 6.53. The lowest BCUT2D eigenvalue weighted by Crippen LogP contribution is -2.22. The van der Waals surface area contributed by atoms with Crippen molar-refractivity contribution in [1.29, 1.82) is 0 Å². The molecule has 5 aromatic rings. The lowest BCUT2D eigenvalue weighted by atomic mass is 10.1. The molecule has 0 aliphatic heterocycles. The van der Waals surface area contributed by atoms with Crippen LogP contribution in [-0.2, 0) is 6.42 Å². The third-order valence-electron chi connectivity index (χ3n) is 5.56. The van der Waals surface area contributed by atoms with Crippen molar-refractivity contribution in [3.63, 3.8) is 0 Å². The van der Waals surface area contributed by atoms with Crippen molar-refractivity contribution in [3.8, 4) is 17.2 Å². The average Bonchev–Trinajstić information content (AvgIpc) is 3.39. The van der Waals surface area contributed by atoms with E-state index >= 15 is 0 Å². The summed E-state index contributed by atoms with van der Waals surface area (Å²) in [5.74, 6) is 2.02. The summed E-state index contributed by atoms with van der Waals surface area (Å²) < 4.78 is 19.6. The minimum Gasteiger partial charge on any atom is -0.493 e. The summed E-state index contributed by atoms with van der Waals surface area (Å²) in [5, 5.41) is 0. The molecule has 6 nitrogen and oxygen atoms in total. The van der Waals surface area contributed by atoms with Crippen molar-refractivity contribution in [2.45, 2.75) is 6.42 Å². The van der Waals surface area contributed by atoms with Crippen molar-refractivity contribution < 1.29 is 14.2 Å². The number of rotatable bonds is 9. The van der Waals surface area contributed by atoms with Gasteiger partial charge in [-0.3, -0.25) is 4.79 Å². The molecule has 2 aromatic heterocycles. The fraction of sp³-hybridized carbons (Fsp3) is 0.143. The largest absolute Gasteiger partial charge is 0.493 e. The molecule has 5 rings (SSSR count). The van der Waals surface area contributed by atoms with Gasteiger partial charge in [-0.25, -0.2) is 9.38 Å². The van der Waals surface area contributed by atoms with E-state index in [4.69, 9.17) is 14.2 Å². The molecule has 0 saturated heterocycles. The van der Waals surface area contributed by atoms with E-state index in [9.17, 15) is 4.79 Å². The van der Waals surface area contributed by atoms with Gasteiger partial charge >= 0.3 is 0 Å². The Bertz CT molecular complexity index is 1620. The van der Waals surface area contributed by atoms with Crippen molar-refractivity contribution in [2.24, 2.45) is 0 Å². The number of methoxy groups -OCH3 is 1. The van der Waals surface area contributed by atoms with Crippen LogP contribution >= 0.6 is 11.3 Å². The summed E-state index contributed by atoms with van der Waals surface area (Å²) in [6, 6.07) is 21.1. The van der Waals surface area contributed by atoms with Crippen molar-refractivity contribution >= 4 is 33.4 Å². The number of ether oxygens (including phenoxy) is 3. The molecular weight excluding hydrogens is 460 g/mol. The van der Waals surface area contributed by atoms with E-state index in [1.807, 2.05) is 78.9 Å². The number of allylic oxidation sites excluding steroid dienone is 1. The van der Waals surface area contributed by atoms with Crippen molar-refractivity contribution in [3.05, 3.63) is 105 Å². The smallest absolute Gasteiger partial charge is 0.274 e. The summed E-state index contributed by atoms with van der Waals surface area (Å²) in [4.78, 5) is 18.3. The van der Waals surface area contributed by atoms with E-state index in [1.165, 1.54) is 11.3 Å². The summed E-state index contributed by atoms with van der Waals surface area (Å²) in [6.45, 7) is 4.45. The highest BCUT2D eigenvalue weighted by Gasteiger charge is 2.11. The minimum absolute atomic E-state index is 0.0798. The Kier molecular flexibility index (Phi) is 6.50. The first kappa shape index (κ1) is 22.7. The van der Waals surface area contributed by atoms with Gasteiger partial charge in [0.2, 0.25) is 0 Å². The topological polar surface area (TPSA) is 62.1 Å². The molecule has 0 aliphatic rings. The Morgan fingerprint density at radius 1 is 0.971 bits per heavy atom. The summed E-state index contributed by atoms with van der Waals surface area (Å²) >= 11 is 1.37. The van der Waals surface area contributed by atoms with Gasteiger partial charge < -0.3 is 14.2 Å². The van der Waals surface area contributed by atoms with Gasteiger partial charge in [-0.05, 0) is 48.4 Å². The molecule has 0 amide bonds. The van der Waals surface area contributed by atoms with Gasteiger partial charge in [-0.15, -0.1) is 6.58 Å². The zero-order chi connectivity index (χ0) is 24.2. The Morgan fingerprint density at radius 3 is 2.57 bits per heavy atom. The Hall–Kier alpha value is -4.10. The molecular formula is C28H24N2O4S. The van der Waals surface area contributed by atoms with Gasteiger partial charge in [0.25, 0.3) is 5.56 Å². The Labute approximate surface area is 206 Å². The van der Waals surface area contributed by atoms with Gasteiger partial charge in [-0.2, -0.15) is 0 Å². The standard InChI is InChI=1S/C28H24N2O4S/c1-3-8-19-13-14-24(25(17-19)32-2)34-16-15-33-23-12-7-4-9-20(23)18-26-27(31)30-22-11-6-5-10-21(22)29-28(30)35-26/h3-7,9-14,17-18H,1,8,15-16H2,2H3/b26-18-. The number of fused-ring (bicyclic) bond motifs is 3. The van der Waals surface area contributed by atoms with Gasteiger partial charge in [0.1, 0.15) is 19.0 Å².